The zero-order valence-electron chi connectivity index (χ0n) is 11.8. The Morgan fingerprint density at radius 2 is 1.81 bits per heavy atom. The lowest BCUT2D eigenvalue weighted by Crippen LogP contribution is -2.41. The second-order valence-corrected chi connectivity index (χ2v) is 4.70. The summed E-state index contributed by atoms with van der Waals surface area (Å²) in [6.07, 6.45) is 0. The molecule has 1 atom stereocenters. The number of carbonyl (C=O) groups excluding carboxylic acids is 1. The van der Waals surface area contributed by atoms with Crippen LogP contribution < -0.4 is 10.6 Å². The second-order valence-electron chi connectivity index (χ2n) is 4.70. The van der Waals surface area contributed by atoms with Crippen LogP contribution in [0, 0.1) is 26.1 Å². The quantitative estimate of drug-likeness (QED) is 0.607. The number of nitrogens with zero attached hydrogens (tertiary/aromatic N) is 2. The third-order valence-electron chi connectivity index (χ3n) is 2.90. The molecule has 9 nitrogen and oxygen atoms in total. The molecular weight excluding hydrogens is 280 g/mol. The third-order valence-corrected chi connectivity index (χ3v) is 2.90. The van der Waals surface area contributed by atoms with Crippen molar-refractivity contribution < 1.29 is 14.6 Å². The number of nitrogens with one attached hydrogen (secondary N) is 2. The van der Waals surface area contributed by atoms with Gasteiger partial charge in [-0.3, -0.25) is 25.0 Å². The highest BCUT2D eigenvalue weighted by Crippen LogP contribution is 2.30. The number of likely N-dealkylation sites (N-methyl/N-ethyl adjacent to an activating group) is 1. The van der Waals surface area contributed by atoms with Crippen LogP contribution in [0.4, 0.5) is 17.1 Å². The van der Waals surface area contributed by atoms with Crippen LogP contribution in [0.1, 0.15) is 13.8 Å². The molecule has 1 aromatic rings. The average molecular weight is 296 g/mol. The molecule has 1 unspecified atom stereocenters. The van der Waals surface area contributed by atoms with Crippen molar-refractivity contribution in [3.8, 4) is 0 Å². The first-order chi connectivity index (χ1) is 9.77. The van der Waals surface area contributed by atoms with Gasteiger partial charge in [-0.25, -0.2) is 0 Å². The monoisotopic (exact) mass is 296 g/mol. The Labute approximate surface area is 120 Å². The van der Waals surface area contributed by atoms with Crippen LogP contribution in [0.5, 0.6) is 0 Å². The molecule has 0 bridgehead atoms. The fourth-order valence-corrected chi connectivity index (χ4v) is 1.76. The van der Waals surface area contributed by atoms with Crippen molar-refractivity contribution in [2.45, 2.75) is 19.9 Å². The lowest BCUT2D eigenvalue weighted by atomic mass is 10.0. The van der Waals surface area contributed by atoms with Gasteiger partial charge in [-0.05, 0) is 12.0 Å². The molecule has 21 heavy (non-hydrogen) atoms. The molecule has 1 amide bonds. The molecule has 0 aliphatic heterocycles. The fraction of sp³-hybridized carbons (Fsp3) is 0.417. The molecule has 1 aromatic carbocycles. The third kappa shape index (κ3) is 3.88. The van der Waals surface area contributed by atoms with Crippen molar-refractivity contribution in [3.63, 3.8) is 0 Å². The van der Waals surface area contributed by atoms with Gasteiger partial charge < -0.3 is 10.6 Å². The van der Waals surface area contributed by atoms with E-state index >= 15 is 0 Å². The molecule has 0 aliphatic carbocycles. The van der Waals surface area contributed by atoms with E-state index in [0.29, 0.717) is 0 Å². The molecule has 0 aliphatic rings. The van der Waals surface area contributed by atoms with Gasteiger partial charge in [0.25, 0.3) is 11.4 Å². The summed E-state index contributed by atoms with van der Waals surface area (Å²) < 4.78 is 0. The molecule has 0 fully saturated rings. The van der Waals surface area contributed by atoms with E-state index in [1.54, 1.807) is 13.8 Å². The molecule has 2 N–H and O–H groups in total. The van der Waals surface area contributed by atoms with Crippen molar-refractivity contribution in [2.24, 2.45) is 5.92 Å². The van der Waals surface area contributed by atoms with Gasteiger partial charge in [0.15, 0.2) is 0 Å². The summed E-state index contributed by atoms with van der Waals surface area (Å²) in [5, 5.41) is 26.9. The van der Waals surface area contributed by atoms with E-state index in [0.717, 1.165) is 12.1 Å². The molecule has 0 heterocycles. The zero-order valence-corrected chi connectivity index (χ0v) is 11.8. The Balaban J connectivity index is 3.20. The number of amides is 1. The molecule has 0 aromatic heterocycles. The van der Waals surface area contributed by atoms with Crippen molar-refractivity contribution in [1.82, 2.24) is 5.32 Å². The largest absolute Gasteiger partial charge is 0.368 e. The van der Waals surface area contributed by atoms with E-state index < -0.39 is 21.6 Å². The number of hydrogen-bond donors (Lipinski definition) is 2. The standard InChI is InChI=1S/C12H16N4O5/c1-7(2)11(12(17)13-3)14-9-5-4-8(15(18)19)6-10(9)16(20)21/h4-7,11,14H,1-3H3,(H,13,17). The first-order valence-corrected chi connectivity index (χ1v) is 6.19. The van der Waals surface area contributed by atoms with Gasteiger partial charge in [-0.1, -0.05) is 13.8 Å². The predicted molar refractivity (Wildman–Crippen MR) is 76.1 cm³/mol. The fourth-order valence-electron chi connectivity index (χ4n) is 1.76. The summed E-state index contributed by atoms with van der Waals surface area (Å²) in [5.41, 5.74) is -0.764. The Bertz CT molecular complexity index is 573. The number of rotatable bonds is 6. The molecule has 0 saturated carbocycles. The maximum atomic E-state index is 11.8. The van der Waals surface area contributed by atoms with Crippen LogP contribution in [0.2, 0.25) is 0 Å². The van der Waals surface area contributed by atoms with Gasteiger partial charge in [0.2, 0.25) is 5.91 Å². The Kier molecular flexibility index (Phi) is 5.17. The number of nitro groups is 2. The van der Waals surface area contributed by atoms with Crippen molar-refractivity contribution in [1.29, 1.82) is 0 Å². The molecule has 9 heteroatoms. The zero-order chi connectivity index (χ0) is 16.2. The van der Waals surface area contributed by atoms with E-state index in [4.69, 9.17) is 0 Å². The van der Waals surface area contributed by atoms with E-state index in [1.165, 1.54) is 13.1 Å². The minimum absolute atomic E-state index is 0.0629. The van der Waals surface area contributed by atoms with Gasteiger partial charge in [0.1, 0.15) is 11.7 Å². The lowest BCUT2D eigenvalue weighted by Gasteiger charge is -2.21. The van der Waals surface area contributed by atoms with Gasteiger partial charge in [-0.2, -0.15) is 0 Å². The molecule has 1 rings (SSSR count). The molecule has 0 saturated heterocycles. The van der Waals surface area contributed by atoms with Crippen LogP contribution >= 0.6 is 0 Å². The van der Waals surface area contributed by atoms with Crippen LogP contribution in [0.3, 0.4) is 0 Å². The molecule has 0 spiro atoms. The summed E-state index contributed by atoms with van der Waals surface area (Å²) in [7, 11) is 1.46. The Hall–Kier alpha value is -2.71. The minimum atomic E-state index is -0.726. The summed E-state index contributed by atoms with van der Waals surface area (Å²) in [6.45, 7) is 3.56. The number of hydrogen-bond acceptors (Lipinski definition) is 6. The maximum absolute atomic E-state index is 11.8. The van der Waals surface area contributed by atoms with Gasteiger partial charge in [-0.15, -0.1) is 0 Å². The van der Waals surface area contributed by atoms with Gasteiger partial charge >= 0.3 is 0 Å². The smallest absolute Gasteiger partial charge is 0.299 e. The first-order valence-electron chi connectivity index (χ1n) is 6.19. The summed E-state index contributed by atoms with van der Waals surface area (Å²) >= 11 is 0. The van der Waals surface area contributed by atoms with E-state index in [9.17, 15) is 25.0 Å². The van der Waals surface area contributed by atoms with Crippen molar-refractivity contribution in [3.05, 3.63) is 38.4 Å². The van der Waals surface area contributed by atoms with Crippen LogP contribution in [-0.2, 0) is 4.79 Å². The van der Waals surface area contributed by atoms with E-state index in [2.05, 4.69) is 10.6 Å². The number of carbonyl (C=O) groups is 1. The van der Waals surface area contributed by atoms with Crippen molar-refractivity contribution >= 4 is 23.0 Å². The first kappa shape index (κ1) is 16.3. The topological polar surface area (TPSA) is 127 Å². The van der Waals surface area contributed by atoms with Gasteiger partial charge in [0.05, 0.1) is 15.9 Å². The number of anilines is 1. The van der Waals surface area contributed by atoms with Crippen LogP contribution in [-0.4, -0.2) is 28.8 Å². The summed E-state index contributed by atoms with van der Waals surface area (Å²) in [5.74, 6) is -0.447. The predicted octanol–water partition coefficient (Wildman–Crippen LogP) is 1.69. The molecule has 0 radical (unpaired) electrons. The van der Waals surface area contributed by atoms with E-state index in [-0.39, 0.29) is 23.2 Å². The normalized spacial score (nSPS) is 11.8. The minimum Gasteiger partial charge on any atom is -0.368 e. The Morgan fingerprint density at radius 3 is 2.24 bits per heavy atom. The Morgan fingerprint density at radius 1 is 1.19 bits per heavy atom. The number of nitro benzene ring substituents is 2. The highest BCUT2D eigenvalue weighted by molar-refractivity contribution is 5.85. The summed E-state index contributed by atoms with van der Waals surface area (Å²) in [6, 6.07) is 2.56. The summed E-state index contributed by atoms with van der Waals surface area (Å²) in [4.78, 5) is 32.0. The average Bonchev–Trinajstić information content (AvgIpc) is 2.43. The second kappa shape index (κ2) is 6.64. The van der Waals surface area contributed by atoms with Crippen LogP contribution in [0.25, 0.3) is 0 Å². The van der Waals surface area contributed by atoms with Crippen molar-refractivity contribution in [2.75, 3.05) is 12.4 Å². The molecular formula is C12H16N4O5. The van der Waals surface area contributed by atoms with Crippen LogP contribution in [0.15, 0.2) is 18.2 Å². The number of benzene rings is 1. The highest BCUT2D eigenvalue weighted by atomic mass is 16.6. The highest BCUT2D eigenvalue weighted by Gasteiger charge is 2.26. The van der Waals surface area contributed by atoms with Gasteiger partial charge in [0, 0.05) is 13.1 Å². The number of non-ortho nitro benzene ring substituents is 1. The van der Waals surface area contributed by atoms with E-state index in [1.807, 2.05) is 0 Å². The molecule has 114 valence electrons. The SMILES string of the molecule is CNC(=O)C(Nc1ccc([N+](=O)[O-])cc1[N+](=O)[O-])C(C)C. The lowest BCUT2D eigenvalue weighted by molar-refractivity contribution is -0.393. The maximum Gasteiger partial charge on any atom is 0.299 e.